The van der Waals surface area contributed by atoms with Crippen molar-refractivity contribution in [2.75, 3.05) is 21.2 Å². The van der Waals surface area contributed by atoms with E-state index in [2.05, 4.69) is 12.6 Å². The van der Waals surface area contributed by atoms with Gasteiger partial charge in [-0.3, -0.25) is 9.59 Å². The number of nitrogens with zero attached hydrogens (tertiary/aromatic N) is 2. The normalized spacial score (nSPS) is 44.6. The predicted octanol–water partition coefficient (Wildman–Crippen LogP) is -0.291. The Morgan fingerprint density at radius 1 is 0.912 bits per heavy atom. The summed E-state index contributed by atoms with van der Waals surface area (Å²) in [6.45, 7) is 16.3. The maximum Gasteiger partial charge on any atom is 0.311 e. The number of hydrogen-bond acceptors (Lipinski definition) is 16. The van der Waals surface area contributed by atoms with E-state index in [1.807, 2.05) is 25.9 Å². The molecule has 0 aromatic heterocycles. The lowest BCUT2D eigenvalue weighted by Crippen LogP contribution is -2.61. The Morgan fingerprint density at radius 3 is 1.95 bits per heavy atom. The molecule has 0 aliphatic carbocycles. The second-order valence-corrected chi connectivity index (χ2v) is 16.8. The molecule has 3 heterocycles. The van der Waals surface area contributed by atoms with Crippen molar-refractivity contribution in [1.82, 2.24) is 4.90 Å². The second-order valence-electron chi connectivity index (χ2n) is 16.6. The Bertz CT molecular complexity index is 1270. The average molecular weight is 847 g/mol. The molecule has 3 saturated heterocycles. The number of likely N-dealkylation sites (N-methyl/N-ethyl adjacent to an activating group) is 1. The Balaban J connectivity index is 0. The molecule has 18 nitrogen and oxygen atoms in total. The van der Waals surface area contributed by atoms with Crippen molar-refractivity contribution in [3.05, 3.63) is 0 Å². The maximum absolute atomic E-state index is 14.1. The molecule has 0 spiro atoms. The molecule has 0 amide bonds. The number of esters is 1. The summed E-state index contributed by atoms with van der Waals surface area (Å²) in [6, 6.07) is -0.324. The van der Waals surface area contributed by atoms with Gasteiger partial charge in [0.1, 0.15) is 35.1 Å². The summed E-state index contributed by atoms with van der Waals surface area (Å²) in [4.78, 5) is 29.8. The molecule has 57 heavy (non-hydrogen) atoms. The zero-order valence-corrected chi connectivity index (χ0v) is 36.7. The molecule has 0 aromatic carbocycles. The number of thiol groups is 1. The molecule has 19 heteroatoms. The number of aliphatic hydroxyl groups is 5. The average Bonchev–Trinajstić information content (AvgIpc) is 3.09. The Labute approximate surface area is 343 Å². The van der Waals surface area contributed by atoms with Crippen LogP contribution in [-0.4, -0.2) is 164 Å². The van der Waals surface area contributed by atoms with E-state index in [4.69, 9.17) is 33.7 Å². The highest BCUT2D eigenvalue weighted by molar-refractivity contribution is 7.85. The molecule has 3 aliphatic heterocycles. The molecule has 3 aliphatic rings. The summed E-state index contributed by atoms with van der Waals surface area (Å²) in [6.07, 6.45) is -9.71. The minimum atomic E-state index is -1.99. The number of aliphatic hydroxyl groups excluding tert-OH is 3. The summed E-state index contributed by atoms with van der Waals surface area (Å²) in [5.41, 5.74) is -4.84. The highest BCUT2D eigenvalue weighted by Crippen LogP contribution is 2.40. The summed E-state index contributed by atoms with van der Waals surface area (Å²) in [5.74, 6) is -4.98. The van der Waals surface area contributed by atoms with Crippen LogP contribution in [0.4, 0.5) is 0 Å². The van der Waals surface area contributed by atoms with Gasteiger partial charge in [0.05, 0.1) is 47.6 Å². The highest BCUT2D eigenvalue weighted by Gasteiger charge is 2.53. The minimum absolute atomic E-state index is 0. The fraction of sp³-hybridized carbons (Fsp3) is 0.921. The standard InChI is InChI=1S/C37H67NO13.CHNS.3H2O/c1-14-25-37(10,45)30(41)20(4)27(39)18(2)16-35(8,44)32(51-34-28(40)24(38(11)12)15-19(3)47-34)21(5)29(22(6)33(43)49-25)50-26-17-36(9,46-13)31(42)23(7)48-26;2-1-3;;;/h18-26,28-32,34,40-42,44-45H,14-17H2,1-13H3;3H;3*1H2/t18-,19-,20+,21+,22-,23+,24+,25-,26+,28-,29+,30-,31+,32-,34+,35-,36-,37-;;;;/m1..../s1. The van der Waals surface area contributed by atoms with Crippen LogP contribution in [0.3, 0.4) is 0 Å². The van der Waals surface area contributed by atoms with Crippen LogP contribution in [0.25, 0.3) is 0 Å². The van der Waals surface area contributed by atoms with Crippen molar-refractivity contribution in [1.29, 1.82) is 5.26 Å². The third-order valence-corrected chi connectivity index (χ3v) is 11.8. The Morgan fingerprint density at radius 2 is 1.46 bits per heavy atom. The van der Waals surface area contributed by atoms with Gasteiger partial charge in [0.15, 0.2) is 12.6 Å². The summed E-state index contributed by atoms with van der Waals surface area (Å²) in [7, 11) is 5.18. The maximum atomic E-state index is 14.1. The third-order valence-electron chi connectivity index (χ3n) is 11.8. The molecule has 0 saturated carbocycles. The van der Waals surface area contributed by atoms with E-state index in [0.29, 0.717) is 6.42 Å². The number of nitriles is 1. The summed E-state index contributed by atoms with van der Waals surface area (Å²) < 4.78 is 37.1. The van der Waals surface area contributed by atoms with E-state index in [1.54, 1.807) is 41.5 Å². The monoisotopic (exact) mass is 846 g/mol. The van der Waals surface area contributed by atoms with Gasteiger partial charge < -0.3 is 75.3 Å². The van der Waals surface area contributed by atoms with Gasteiger partial charge in [-0.25, -0.2) is 0 Å². The van der Waals surface area contributed by atoms with Crippen LogP contribution in [-0.2, 0) is 38.0 Å². The van der Waals surface area contributed by atoms with E-state index in [-0.39, 0.29) is 47.8 Å². The van der Waals surface area contributed by atoms with Gasteiger partial charge in [0.25, 0.3) is 0 Å². The first-order valence-corrected chi connectivity index (χ1v) is 19.4. The van der Waals surface area contributed by atoms with Crippen molar-refractivity contribution >= 4 is 24.4 Å². The first-order valence-electron chi connectivity index (χ1n) is 18.9. The minimum Gasteiger partial charge on any atom is -0.459 e. The van der Waals surface area contributed by atoms with Crippen LogP contribution in [0.2, 0.25) is 0 Å². The van der Waals surface area contributed by atoms with Crippen LogP contribution in [0.15, 0.2) is 0 Å². The molecule has 18 atom stereocenters. The fourth-order valence-corrected chi connectivity index (χ4v) is 8.41. The number of carbonyl (C=O) groups excluding carboxylic acids is 2. The predicted molar refractivity (Wildman–Crippen MR) is 212 cm³/mol. The van der Waals surface area contributed by atoms with Gasteiger partial charge in [0.2, 0.25) is 0 Å². The van der Waals surface area contributed by atoms with Crippen molar-refractivity contribution in [3.8, 4) is 5.40 Å². The highest BCUT2D eigenvalue weighted by atomic mass is 32.1. The van der Waals surface area contributed by atoms with Gasteiger partial charge in [0, 0.05) is 37.3 Å². The lowest BCUT2D eigenvalue weighted by molar-refractivity contribution is -0.318. The van der Waals surface area contributed by atoms with Crippen LogP contribution < -0.4 is 0 Å². The lowest BCUT2D eigenvalue weighted by Gasteiger charge is -2.49. The van der Waals surface area contributed by atoms with Crippen LogP contribution in [0, 0.1) is 34.3 Å². The number of thiocyanates is 1. The Kier molecular flexibility index (Phi) is 23.6. The number of hydrogen-bond donors (Lipinski definition) is 6. The molecule has 0 radical (unpaired) electrons. The van der Waals surface area contributed by atoms with Gasteiger partial charge in [-0.1, -0.05) is 40.3 Å². The van der Waals surface area contributed by atoms with Crippen LogP contribution >= 0.6 is 12.6 Å². The van der Waals surface area contributed by atoms with Gasteiger partial charge in [-0.05, 0) is 74.9 Å². The first kappa shape index (κ1) is 57.5. The molecule has 0 unspecified atom stereocenters. The van der Waals surface area contributed by atoms with E-state index >= 15 is 0 Å². The molecule has 3 rings (SSSR count). The number of ether oxygens (including phenoxy) is 6. The number of rotatable bonds is 7. The van der Waals surface area contributed by atoms with Crippen molar-refractivity contribution in [3.63, 3.8) is 0 Å². The third kappa shape index (κ3) is 13.5. The second kappa shape index (κ2) is 23.4. The first-order chi connectivity index (χ1) is 24.8. The molecule has 338 valence electrons. The smallest absolute Gasteiger partial charge is 0.311 e. The molecule has 0 bridgehead atoms. The van der Waals surface area contributed by atoms with E-state index in [0.717, 1.165) is 0 Å². The van der Waals surface area contributed by atoms with E-state index in [1.165, 1.54) is 33.3 Å². The van der Waals surface area contributed by atoms with E-state index < -0.39 is 108 Å². The van der Waals surface area contributed by atoms with Gasteiger partial charge in [-0.15, -0.1) is 0 Å². The molecular weight excluding hydrogens is 772 g/mol. The zero-order chi connectivity index (χ0) is 41.7. The van der Waals surface area contributed by atoms with Gasteiger partial charge >= 0.3 is 5.97 Å². The number of methoxy groups -OCH3 is 1. The van der Waals surface area contributed by atoms with Crippen molar-refractivity contribution < 1.29 is 80.0 Å². The number of cyclic esters (lactones) is 1. The largest absolute Gasteiger partial charge is 0.459 e. The SMILES string of the molecule is CC[C@H]1OC(=O)[C@H](C)[C@@H](O[C@H]2C[C@@](C)(OC)[C@@H](O)[C@H](C)O2)[C@H](C)[C@@H](O[C@@H]2O[C@H](C)C[C@H](N(C)C)[C@H]2O)[C@](C)(O)C[C@@H](C)C(=O)[C@H](C)[C@@H](O)[C@]1(C)O.N#CS.O.O.O. The number of carbonyl (C=O) groups is 2. The fourth-order valence-electron chi connectivity index (χ4n) is 8.41. The Hall–Kier alpha value is -1.58. The van der Waals surface area contributed by atoms with Crippen molar-refractivity contribution in [2.24, 2.45) is 23.7 Å². The molecule has 3 fully saturated rings. The summed E-state index contributed by atoms with van der Waals surface area (Å²) >= 11 is 3.09. The van der Waals surface area contributed by atoms with Crippen LogP contribution in [0.5, 0.6) is 0 Å². The number of ketones is 1. The molecule has 11 N–H and O–H groups in total. The van der Waals surface area contributed by atoms with E-state index in [9.17, 15) is 35.1 Å². The lowest BCUT2D eigenvalue weighted by atomic mass is 9.74. The number of Topliss-reactive ketones (excluding diaryl/α,β-unsaturated/α-hetero) is 1. The van der Waals surface area contributed by atoms with Crippen LogP contribution in [0.1, 0.15) is 94.9 Å². The molecular formula is C38H74N2O16S. The topological polar surface area (TPSA) is 312 Å². The van der Waals surface area contributed by atoms with Crippen molar-refractivity contribution in [2.45, 2.75) is 179 Å². The molecule has 0 aromatic rings. The quantitative estimate of drug-likeness (QED) is 0.109. The summed E-state index contributed by atoms with van der Waals surface area (Å²) in [5, 5.41) is 66.2. The zero-order valence-electron chi connectivity index (χ0n) is 35.8. The van der Waals surface area contributed by atoms with Gasteiger partial charge in [-0.2, -0.15) is 5.26 Å².